The number of fused-ring (bicyclic) bond motifs is 7. The van der Waals surface area contributed by atoms with Crippen LogP contribution in [0.5, 0.6) is 0 Å². The van der Waals surface area contributed by atoms with Crippen LogP contribution in [0, 0.1) is 11.8 Å². The van der Waals surface area contributed by atoms with Gasteiger partial charge in [-0.1, -0.05) is 55.1 Å². The molecular formula is C22H15Br2Cl2N3O3. The highest BCUT2D eigenvalue weighted by Gasteiger charge is 2.74. The number of benzene rings is 2. The summed E-state index contributed by atoms with van der Waals surface area (Å²) >= 11 is 19.6. The molecule has 1 spiro atoms. The minimum Gasteiger partial charge on any atom is -0.323 e. The van der Waals surface area contributed by atoms with Gasteiger partial charge in [-0.15, -0.1) is 0 Å². The van der Waals surface area contributed by atoms with Gasteiger partial charge in [0.25, 0.3) is 5.91 Å². The Balaban J connectivity index is 1.58. The first-order valence-electron chi connectivity index (χ1n) is 10.2. The summed E-state index contributed by atoms with van der Waals surface area (Å²) in [6.07, 6.45) is 1.59. The van der Waals surface area contributed by atoms with Gasteiger partial charge in [-0.3, -0.25) is 19.3 Å². The summed E-state index contributed by atoms with van der Waals surface area (Å²) < 4.78 is 1.47. The zero-order valence-electron chi connectivity index (χ0n) is 16.4. The zero-order chi connectivity index (χ0) is 22.5. The lowest BCUT2D eigenvalue weighted by molar-refractivity contribution is -0.135. The van der Waals surface area contributed by atoms with Crippen molar-refractivity contribution in [1.82, 2.24) is 4.90 Å². The summed E-state index contributed by atoms with van der Waals surface area (Å²) in [4.78, 5) is 44.6. The van der Waals surface area contributed by atoms with Crippen LogP contribution in [0.1, 0.15) is 18.4 Å². The maximum Gasteiger partial charge on any atom is 0.250 e. The van der Waals surface area contributed by atoms with Crippen LogP contribution in [-0.4, -0.2) is 35.2 Å². The zero-order valence-corrected chi connectivity index (χ0v) is 21.1. The van der Waals surface area contributed by atoms with Gasteiger partial charge in [0.15, 0.2) is 0 Å². The minimum absolute atomic E-state index is 0.202. The van der Waals surface area contributed by atoms with Gasteiger partial charge in [0.2, 0.25) is 11.8 Å². The summed E-state index contributed by atoms with van der Waals surface area (Å²) in [5.74, 6) is -2.44. The number of halogens is 4. The molecule has 6 rings (SSSR count). The summed E-state index contributed by atoms with van der Waals surface area (Å²) in [6.45, 7) is 0.623. The van der Waals surface area contributed by atoms with Gasteiger partial charge in [-0.05, 0) is 49.7 Å². The molecule has 32 heavy (non-hydrogen) atoms. The highest BCUT2D eigenvalue weighted by molar-refractivity contribution is 9.11. The van der Waals surface area contributed by atoms with Crippen LogP contribution in [0.2, 0.25) is 10.0 Å². The fourth-order valence-electron chi connectivity index (χ4n) is 6.15. The molecule has 0 bridgehead atoms. The smallest absolute Gasteiger partial charge is 0.250 e. The molecule has 3 fully saturated rings. The number of imide groups is 1. The summed E-state index contributed by atoms with van der Waals surface area (Å²) in [6, 6.07) is 8.37. The first-order chi connectivity index (χ1) is 15.2. The topological polar surface area (TPSA) is 69.7 Å². The third kappa shape index (κ3) is 2.53. The molecule has 6 nitrogen and oxygen atoms in total. The average Bonchev–Trinajstić information content (AvgIpc) is 3.40. The van der Waals surface area contributed by atoms with Crippen LogP contribution < -0.4 is 10.2 Å². The van der Waals surface area contributed by atoms with E-state index < -0.39 is 17.4 Å². The second-order valence-corrected chi connectivity index (χ2v) is 11.3. The molecule has 4 atom stereocenters. The normalized spacial score (nSPS) is 30.8. The number of nitrogens with zero attached hydrogens (tertiary/aromatic N) is 2. The van der Waals surface area contributed by atoms with Crippen molar-refractivity contribution >= 4 is 84.2 Å². The number of hydrogen-bond donors (Lipinski definition) is 1. The third-order valence-corrected chi connectivity index (χ3v) is 8.56. The van der Waals surface area contributed by atoms with Crippen LogP contribution in [-0.2, 0) is 19.9 Å². The van der Waals surface area contributed by atoms with E-state index in [-0.39, 0.29) is 23.8 Å². The Morgan fingerprint density at radius 1 is 1.00 bits per heavy atom. The molecule has 3 saturated heterocycles. The van der Waals surface area contributed by atoms with Crippen LogP contribution in [0.25, 0.3) is 0 Å². The largest absolute Gasteiger partial charge is 0.323 e. The molecule has 0 saturated carbocycles. The van der Waals surface area contributed by atoms with E-state index in [0.717, 1.165) is 21.8 Å². The van der Waals surface area contributed by atoms with Crippen molar-refractivity contribution in [3.63, 3.8) is 0 Å². The van der Waals surface area contributed by atoms with Crippen molar-refractivity contribution in [2.45, 2.75) is 24.4 Å². The van der Waals surface area contributed by atoms with Crippen molar-refractivity contribution in [2.24, 2.45) is 11.8 Å². The number of carbonyl (C=O) groups excluding carboxylic acids is 3. The second-order valence-electron chi connectivity index (χ2n) is 8.58. The van der Waals surface area contributed by atoms with Crippen molar-refractivity contribution in [3.8, 4) is 0 Å². The predicted octanol–water partition coefficient (Wildman–Crippen LogP) is 4.95. The first kappa shape index (κ1) is 21.1. The Labute approximate surface area is 210 Å². The van der Waals surface area contributed by atoms with E-state index >= 15 is 0 Å². The van der Waals surface area contributed by atoms with Crippen molar-refractivity contribution < 1.29 is 14.4 Å². The molecule has 4 unspecified atom stereocenters. The van der Waals surface area contributed by atoms with E-state index in [0.29, 0.717) is 33.5 Å². The highest BCUT2D eigenvalue weighted by Crippen LogP contribution is 2.61. The van der Waals surface area contributed by atoms with Gasteiger partial charge in [0.05, 0.1) is 28.2 Å². The summed E-state index contributed by atoms with van der Waals surface area (Å²) in [5, 5.41) is 3.59. The lowest BCUT2D eigenvalue weighted by atomic mass is 9.75. The lowest BCUT2D eigenvalue weighted by Crippen LogP contribution is -2.54. The Morgan fingerprint density at radius 3 is 2.44 bits per heavy atom. The molecule has 3 amide bonds. The van der Waals surface area contributed by atoms with Crippen molar-refractivity contribution in [2.75, 3.05) is 16.8 Å². The molecular weight excluding hydrogens is 585 g/mol. The number of hydrogen-bond acceptors (Lipinski definition) is 4. The molecule has 2 aromatic rings. The fourth-order valence-corrected chi connectivity index (χ4v) is 7.96. The summed E-state index contributed by atoms with van der Waals surface area (Å²) in [5.41, 5.74) is 0.215. The van der Waals surface area contributed by atoms with Crippen LogP contribution in [0.3, 0.4) is 0 Å². The second kappa shape index (κ2) is 7.03. The number of amides is 3. The maximum atomic E-state index is 13.9. The van der Waals surface area contributed by atoms with Gasteiger partial charge in [0.1, 0.15) is 5.54 Å². The van der Waals surface area contributed by atoms with Gasteiger partial charge in [0, 0.05) is 25.6 Å². The van der Waals surface area contributed by atoms with Gasteiger partial charge >= 0.3 is 0 Å². The van der Waals surface area contributed by atoms with E-state index in [1.165, 1.54) is 4.90 Å². The van der Waals surface area contributed by atoms with Gasteiger partial charge < -0.3 is 5.32 Å². The lowest BCUT2D eigenvalue weighted by Gasteiger charge is -2.36. The number of nitrogens with one attached hydrogen (secondary N) is 1. The number of rotatable bonds is 1. The van der Waals surface area contributed by atoms with Crippen molar-refractivity contribution in [1.29, 1.82) is 0 Å². The van der Waals surface area contributed by atoms with E-state index in [1.807, 2.05) is 11.0 Å². The van der Waals surface area contributed by atoms with E-state index in [9.17, 15) is 14.4 Å². The first-order valence-corrected chi connectivity index (χ1v) is 12.5. The maximum absolute atomic E-state index is 13.9. The molecule has 4 aliphatic heterocycles. The molecule has 0 radical (unpaired) electrons. The molecule has 2 aromatic carbocycles. The Kier molecular flexibility index (Phi) is 4.63. The number of carbonyl (C=O) groups is 3. The van der Waals surface area contributed by atoms with E-state index in [4.69, 9.17) is 23.2 Å². The van der Waals surface area contributed by atoms with Gasteiger partial charge in [-0.25, -0.2) is 4.90 Å². The molecule has 0 aliphatic carbocycles. The van der Waals surface area contributed by atoms with E-state index in [2.05, 4.69) is 37.2 Å². The predicted molar refractivity (Wildman–Crippen MR) is 128 cm³/mol. The van der Waals surface area contributed by atoms with Crippen molar-refractivity contribution in [3.05, 3.63) is 54.9 Å². The minimum atomic E-state index is -1.31. The van der Waals surface area contributed by atoms with Crippen LogP contribution >= 0.6 is 55.1 Å². The Bertz CT molecular complexity index is 1230. The third-order valence-electron chi connectivity index (χ3n) is 7.12. The number of anilines is 2. The molecule has 4 aliphatic rings. The Hall–Kier alpha value is -1.45. The monoisotopic (exact) mass is 597 g/mol. The van der Waals surface area contributed by atoms with Crippen LogP contribution in [0.4, 0.5) is 11.4 Å². The Morgan fingerprint density at radius 2 is 1.72 bits per heavy atom. The fraction of sp³-hybridized carbons (Fsp3) is 0.318. The molecule has 10 heteroatoms. The van der Waals surface area contributed by atoms with Crippen LogP contribution in [0.15, 0.2) is 39.3 Å². The SMILES string of the molecule is O=C1C2C3CCCN3C3(C(=O)Nc4c(Cl)cc(Cl)cc43)C2C(=O)N1c1cc(Br)cc(Br)c1. The molecule has 4 heterocycles. The molecule has 0 aromatic heterocycles. The summed E-state index contributed by atoms with van der Waals surface area (Å²) in [7, 11) is 0. The molecule has 1 N–H and O–H groups in total. The van der Waals surface area contributed by atoms with Gasteiger partial charge in [-0.2, -0.15) is 0 Å². The molecule has 164 valence electrons. The van der Waals surface area contributed by atoms with E-state index in [1.54, 1.807) is 24.3 Å². The quantitative estimate of drug-likeness (QED) is 0.471. The average molecular weight is 600 g/mol. The standard InChI is InChI=1S/C22H15Br2Cl2N3O3/c23-9-4-10(24)6-12(5-9)29-19(30)16-15-2-1-3-28(15)22(17(16)20(29)31)13-7-11(25)8-14(26)18(13)27-21(22)32/h4-8,15-17H,1-3H2,(H,27,32). The highest BCUT2D eigenvalue weighted by atomic mass is 79.9.